The van der Waals surface area contributed by atoms with E-state index in [2.05, 4.69) is 6.92 Å². The largest absolute Gasteiger partial charge is 0.507 e. The minimum Gasteiger partial charge on any atom is -0.507 e. The summed E-state index contributed by atoms with van der Waals surface area (Å²) in [6.07, 6.45) is 4.01. The van der Waals surface area contributed by atoms with Crippen molar-refractivity contribution in [2.75, 3.05) is 0 Å². The maximum atomic E-state index is 9.44. The van der Waals surface area contributed by atoms with E-state index in [4.69, 9.17) is 10.5 Å². The van der Waals surface area contributed by atoms with E-state index in [1.54, 1.807) is 6.07 Å². The van der Waals surface area contributed by atoms with Crippen molar-refractivity contribution in [2.24, 2.45) is 0 Å². The first-order valence-electron chi connectivity index (χ1n) is 5.39. The Morgan fingerprint density at radius 1 is 1.12 bits per heavy atom. The lowest BCUT2D eigenvalue weighted by molar-refractivity contribution is 0.473. The van der Waals surface area contributed by atoms with Crippen LogP contribution in [0.5, 0.6) is 5.75 Å². The molecule has 1 N–H and O–H groups in total. The van der Waals surface area contributed by atoms with E-state index in [-0.39, 0.29) is 11.3 Å². The van der Waals surface area contributed by atoms with Crippen LogP contribution in [0.1, 0.15) is 42.9 Å². The molecular formula is C13H14N2O. The van der Waals surface area contributed by atoms with Crippen molar-refractivity contribution in [3.8, 4) is 17.9 Å². The van der Waals surface area contributed by atoms with Gasteiger partial charge in [0.2, 0.25) is 0 Å². The van der Waals surface area contributed by atoms with Crippen LogP contribution >= 0.6 is 0 Å². The molecule has 0 aliphatic heterocycles. The molecule has 1 rings (SSSR count). The highest BCUT2D eigenvalue weighted by Gasteiger charge is 2.11. The van der Waals surface area contributed by atoms with Crippen molar-refractivity contribution in [1.82, 2.24) is 0 Å². The molecule has 3 heteroatoms. The number of aryl methyl sites for hydroxylation is 1. The van der Waals surface area contributed by atoms with Gasteiger partial charge in [-0.1, -0.05) is 25.8 Å². The molecule has 0 aliphatic rings. The second-order valence-electron chi connectivity index (χ2n) is 3.67. The van der Waals surface area contributed by atoms with E-state index in [9.17, 15) is 5.11 Å². The van der Waals surface area contributed by atoms with Crippen LogP contribution in [0, 0.1) is 22.7 Å². The number of benzene rings is 1. The Labute approximate surface area is 95.6 Å². The fourth-order valence-electron chi connectivity index (χ4n) is 1.65. The molecule has 1 aromatic rings. The van der Waals surface area contributed by atoms with E-state index >= 15 is 0 Å². The van der Waals surface area contributed by atoms with Gasteiger partial charge >= 0.3 is 0 Å². The van der Waals surface area contributed by atoms with Crippen LogP contribution < -0.4 is 0 Å². The molecule has 1 aromatic carbocycles. The SMILES string of the molecule is CCCCCc1ccc(O)c(C#N)c1C#N. The second-order valence-corrected chi connectivity index (χ2v) is 3.67. The molecule has 0 saturated carbocycles. The molecule has 0 spiro atoms. The van der Waals surface area contributed by atoms with E-state index in [1.807, 2.05) is 12.1 Å². The molecule has 0 radical (unpaired) electrons. The normalized spacial score (nSPS) is 9.44. The molecule has 16 heavy (non-hydrogen) atoms. The fraction of sp³-hybridized carbons (Fsp3) is 0.385. The zero-order valence-electron chi connectivity index (χ0n) is 9.32. The Balaban J connectivity index is 3.03. The number of phenolic OH excluding ortho intramolecular Hbond substituents is 1. The third-order valence-corrected chi connectivity index (χ3v) is 2.54. The van der Waals surface area contributed by atoms with Gasteiger partial charge in [0.05, 0.1) is 5.56 Å². The Bertz CT molecular complexity index is 452. The number of hydrogen-bond donors (Lipinski definition) is 1. The highest BCUT2D eigenvalue weighted by atomic mass is 16.3. The van der Waals surface area contributed by atoms with Crippen molar-refractivity contribution in [2.45, 2.75) is 32.6 Å². The minimum absolute atomic E-state index is 0.0940. The number of hydrogen-bond acceptors (Lipinski definition) is 3. The third-order valence-electron chi connectivity index (χ3n) is 2.54. The van der Waals surface area contributed by atoms with E-state index in [1.165, 1.54) is 6.07 Å². The summed E-state index contributed by atoms with van der Waals surface area (Å²) in [6.45, 7) is 2.11. The monoisotopic (exact) mass is 214 g/mol. The first-order valence-corrected chi connectivity index (χ1v) is 5.39. The van der Waals surface area contributed by atoms with Gasteiger partial charge in [0.15, 0.2) is 0 Å². The van der Waals surface area contributed by atoms with E-state index < -0.39 is 0 Å². The van der Waals surface area contributed by atoms with Gasteiger partial charge in [0.1, 0.15) is 23.5 Å². The van der Waals surface area contributed by atoms with Crippen LogP contribution in [0.2, 0.25) is 0 Å². The molecule has 0 aliphatic carbocycles. The lowest BCUT2D eigenvalue weighted by Gasteiger charge is -2.06. The maximum Gasteiger partial charge on any atom is 0.134 e. The maximum absolute atomic E-state index is 9.44. The summed E-state index contributed by atoms with van der Waals surface area (Å²) in [5.74, 6) is -0.113. The Morgan fingerprint density at radius 3 is 2.38 bits per heavy atom. The van der Waals surface area contributed by atoms with Gasteiger partial charge in [0.25, 0.3) is 0 Å². The summed E-state index contributed by atoms with van der Waals surface area (Å²) in [4.78, 5) is 0. The quantitative estimate of drug-likeness (QED) is 0.783. The molecule has 0 bridgehead atoms. The zero-order chi connectivity index (χ0) is 12.0. The molecule has 3 nitrogen and oxygen atoms in total. The Hall–Kier alpha value is -2.00. The van der Waals surface area contributed by atoms with Gasteiger partial charge in [-0.05, 0) is 24.5 Å². The van der Waals surface area contributed by atoms with Crippen molar-refractivity contribution < 1.29 is 5.11 Å². The number of nitriles is 2. The van der Waals surface area contributed by atoms with Gasteiger partial charge in [-0.25, -0.2) is 0 Å². The van der Waals surface area contributed by atoms with Crippen LogP contribution in [0.3, 0.4) is 0 Å². The number of nitrogens with zero attached hydrogens (tertiary/aromatic N) is 2. The molecule has 0 fully saturated rings. The molecule has 0 saturated heterocycles. The molecule has 0 amide bonds. The molecule has 0 atom stereocenters. The van der Waals surface area contributed by atoms with E-state index in [0.717, 1.165) is 31.2 Å². The summed E-state index contributed by atoms with van der Waals surface area (Å²) in [6, 6.07) is 7.09. The number of phenols is 1. The van der Waals surface area contributed by atoms with Gasteiger partial charge < -0.3 is 5.11 Å². The van der Waals surface area contributed by atoms with Crippen LogP contribution in [-0.4, -0.2) is 5.11 Å². The summed E-state index contributed by atoms with van der Waals surface area (Å²) in [5, 5.41) is 27.3. The summed E-state index contributed by atoms with van der Waals surface area (Å²) >= 11 is 0. The van der Waals surface area contributed by atoms with Crippen molar-refractivity contribution in [3.63, 3.8) is 0 Å². The first-order chi connectivity index (χ1) is 7.74. The summed E-state index contributed by atoms with van der Waals surface area (Å²) < 4.78 is 0. The van der Waals surface area contributed by atoms with Crippen LogP contribution in [0.25, 0.3) is 0 Å². The second kappa shape index (κ2) is 5.78. The van der Waals surface area contributed by atoms with Gasteiger partial charge in [-0.15, -0.1) is 0 Å². The highest BCUT2D eigenvalue weighted by Crippen LogP contribution is 2.24. The molecular weight excluding hydrogens is 200 g/mol. The standard InChI is InChI=1S/C13H14N2O/c1-2-3-4-5-10-6-7-13(16)12(9-15)11(10)8-14/h6-7,16H,2-5H2,1H3. The lowest BCUT2D eigenvalue weighted by atomic mass is 9.97. The predicted molar refractivity (Wildman–Crippen MR) is 60.8 cm³/mol. The van der Waals surface area contributed by atoms with Gasteiger partial charge in [-0.2, -0.15) is 10.5 Å². The number of rotatable bonds is 4. The van der Waals surface area contributed by atoms with Crippen LogP contribution in [0.15, 0.2) is 12.1 Å². The van der Waals surface area contributed by atoms with Gasteiger partial charge in [-0.3, -0.25) is 0 Å². The lowest BCUT2D eigenvalue weighted by Crippen LogP contribution is -1.95. The third kappa shape index (κ3) is 2.52. The fourth-order valence-corrected chi connectivity index (χ4v) is 1.65. The Kier molecular flexibility index (Phi) is 4.36. The minimum atomic E-state index is -0.113. The molecule has 0 unspecified atom stereocenters. The molecule has 0 aromatic heterocycles. The average molecular weight is 214 g/mol. The topological polar surface area (TPSA) is 67.8 Å². The molecule has 0 heterocycles. The van der Waals surface area contributed by atoms with Crippen molar-refractivity contribution in [1.29, 1.82) is 10.5 Å². The smallest absolute Gasteiger partial charge is 0.134 e. The zero-order valence-corrected chi connectivity index (χ0v) is 9.32. The van der Waals surface area contributed by atoms with E-state index in [0.29, 0.717) is 5.56 Å². The van der Waals surface area contributed by atoms with Crippen LogP contribution in [-0.2, 0) is 6.42 Å². The number of unbranched alkanes of at least 4 members (excludes halogenated alkanes) is 2. The average Bonchev–Trinajstić information content (AvgIpc) is 2.30. The Morgan fingerprint density at radius 2 is 1.81 bits per heavy atom. The molecule has 82 valence electrons. The summed E-state index contributed by atoms with van der Waals surface area (Å²) in [5.41, 5.74) is 1.26. The first kappa shape index (κ1) is 12.1. The number of aromatic hydroxyl groups is 1. The van der Waals surface area contributed by atoms with Gasteiger partial charge in [0, 0.05) is 0 Å². The van der Waals surface area contributed by atoms with Crippen molar-refractivity contribution >= 4 is 0 Å². The highest BCUT2D eigenvalue weighted by molar-refractivity contribution is 5.57. The van der Waals surface area contributed by atoms with Crippen molar-refractivity contribution in [3.05, 3.63) is 28.8 Å². The summed E-state index contributed by atoms with van der Waals surface area (Å²) in [7, 11) is 0. The predicted octanol–water partition coefficient (Wildman–Crippen LogP) is 2.87. The van der Waals surface area contributed by atoms with Crippen LogP contribution in [0.4, 0.5) is 0 Å².